The summed E-state index contributed by atoms with van der Waals surface area (Å²) in [5.41, 5.74) is 1.88. The molecule has 1 aromatic carbocycles. The van der Waals surface area contributed by atoms with E-state index in [0.29, 0.717) is 31.1 Å². The molecule has 0 bridgehead atoms. The van der Waals surface area contributed by atoms with Gasteiger partial charge in [-0.2, -0.15) is 0 Å². The fourth-order valence-electron chi connectivity index (χ4n) is 3.88. The van der Waals surface area contributed by atoms with Crippen LogP contribution in [0.1, 0.15) is 29.9 Å². The number of anilines is 1. The van der Waals surface area contributed by atoms with Crippen LogP contribution >= 0.6 is 11.3 Å². The number of hydrogen-bond donors (Lipinski definition) is 0. The Morgan fingerprint density at radius 2 is 1.76 bits per heavy atom. The minimum absolute atomic E-state index is 0.00300. The topological polar surface area (TPSA) is 69.6 Å². The van der Waals surface area contributed by atoms with Gasteiger partial charge in [-0.15, -0.1) is 21.5 Å². The van der Waals surface area contributed by atoms with Crippen molar-refractivity contribution < 1.29 is 9.59 Å². The lowest BCUT2D eigenvalue weighted by Gasteiger charge is -2.37. The van der Waals surface area contributed by atoms with Crippen LogP contribution in [0.15, 0.2) is 60.0 Å². The molecule has 7 nitrogen and oxygen atoms in total. The summed E-state index contributed by atoms with van der Waals surface area (Å²) in [6, 6.07) is 17.6. The van der Waals surface area contributed by atoms with Gasteiger partial charge in [-0.1, -0.05) is 43.3 Å². The van der Waals surface area contributed by atoms with Crippen LogP contribution in [0, 0.1) is 0 Å². The molecule has 0 spiro atoms. The monoisotopic (exact) mass is 463 g/mol. The third-order valence-electron chi connectivity index (χ3n) is 6.10. The average Bonchev–Trinajstić information content (AvgIpc) is 3.42. The fraction of sp³-hybridized carbons (Fsp3) is 0.360. The number of aromatic nitrogens is 2. The quantitative estimate of drug-likeness (QED) is 0.533. The minimum atomic E-state index is -0.0693. The smallest absolute Gasteiger partial charge is 0.264 e. The van der Waals surface area contributed by atoms with Crippen LogP contribution in [0.5, 0.6) is 0 Å². The van der Waals surface area contributed by atoms with Gasteiger partial charge in [0.25, 0.3) is 5.91 Å². The molecule has 33 heavy (non-hydrogen) atoms. The summed E-state index contributed by atoms with van der Waals surface area (Å²) >= 11 is 1.41. The molecule has 0 saturated carbocycles. The molecule has 2 aromatic heterocycles. The first-order valence-electron chi connectivity index (χ1n) is 11.3. The Balaban J connectivity index is 1.35. The predicted octanol–water partition coefficient (Wildman–Crippen LogP) is 3.79. The molecule has 1 fully saturated rings. The van der Waals surface area contributed by atoms with Crippen LogP contribution in [0.3, 0.4) is 0 Å². The van der Waals surface area contributed by atoms with Crippen LogP contribution in [-0.4, -0.2) is 70.6 Å². The summed E-state index contributed by atoms with van der Waals surface area (Å²) in [6.07, 6.45) is 0.801. The second-order valence-corrected chi connectivity index (χ2v) is 9.13. The van der Waals surface area contributed by atoms with Gasteiger partial charge in [0.05, 0.1) is 10.6 Å². The molecular weight excluding hydrogens is 434 g/mol. The van der Waals surface area contributed by atoms with E-state index in [-0.39, 0.29) is 24.4 Å². The van der Waals surface area contributed by atoms with Crippen molar-refractivity contribution in [3.8, 4) is 11.3 Å². The molecule has 4 rings (SSSR count). The van der Waals surface area contributed by atoms with Gasteiger partial charge in [-0.25, -0.2) is 0 Å². The highest BCUT2D eigenvalue weighted by Gasteiger charge is 2.28. The molecular formula is C25H29N5O2S. The number of thiophene rings is 1. The lowest BCUT2D eigenvalue weighted by molar-refractivity contribution is -0.132. The summed E-state index contributed by atoms with van der Waals surface area (Å²) in [4.78, 5) is 32.3. The molecule has 1 aliphatic rings. The SMILES string of the molecule is CC[C@H](C)N(CC(=O)N1CCN(c2ccc(-c3ccccc3)nn2)CC1)C(=O)c1cccs1. The zero-order valence-corrected chi connectivity index (χ0v) is 19.9. The van der Waals surface area contributed by atoms with E-state index in [4.69, 9.17) is 0 Å². The number of amides is 2. The summed E-state index contributed by atoms with van der Waals surface area (Å²) in [7, 11) is 0. The van der Waals surface area contributed by atoms with E-state index in [1.54, 1.807) is 4.90 Å². The zero-order valence-electron chi connectivity index (χ0n) is 19.1. The summed E-state index contributed by atoms with van der Waals surface area (Å²) < 4.78 is 0. The van der Waals surface area contributed by atoms with Gasteiger partial charge in [-0.05, 0) is 36.9 Å². The van der Waals surface area contributed by atoms with Gasteiger partial charge in [0.1, 0.15) is 6.54 Å². The predicted molar refractivity (Wildman–Crippen MR) is 131 cm³/mol. The van der Waals surface area contributed by atoms with E-state index in [2.05, 4.69) is 15.1 Å². The van der Waals surface area contributed by atoms with Gasteiger partial charge in [0.2, 0.25) is 5.91 Å². The Hall–Kier alpha value is -3.26. The van der Waals surface area contributed by atoms with Crippen LogP contribution < -0.4 is 4.90 Å². The van der Waals surface area contributed by atoms with Crippen molar-refractivity contribution >= 4 is 29.0 Å². The number of benzene rings is 1. The maximum absolute atomic E-state index is 13.0. The second-order valence-electron chi connectivity index (χ2n) is 8.18. The third-order valence-corrected chi connectivity index (χ3v) is 6.96. The standard InChI is InChI=1S/C25H29N5O2S/c1-3-19(2)30(25(32)22-10-7-17-33-22)18-24(31)29-15-13-28(14-16-29)23-12-11-21(26-27-23)20-8-5-4-6-9-20/h4-12,17,19H,3,13-16,18H2,1-2H3/t19-/m0/s1. The van der Waals surface area contributed by atoms with Gasteiger partial charge < -0.3 is 14.7 Å². The highest BCUT2D eigenvalue weighted by Crippen LogP contribution is 2.20. The Bertz CT molecular complexity index is 1050. The molecule has 0 N–H and O–H groups in total. The molecule has 1 atom stereocenters. The van der Waals surface area contributed by atoms with Crippen molar-refractivity contribution in [2.45, 2.75) is 26.3 Å². The average molecular weight is 464 g/mol. The van der Waals surface area contributed by atoms with Crippen molar-refractivity contribution in [2.24, 2.45) is 0 Å². The van der Waals surface area contributed by atoms with Gasteiger partial charge in [-0.3, -0.25) is 9.59 Å². The molecule has 172 valence electrons. The third kappa shape index (κ3) is 5.39. The number of hydrogen-bond acceptors (Lipinski definition) is 6. The first-order chi connectivity index (χ1) is 16.1. The summed E-state index contributed by atoms with van der Waals surface area (Å²) in [6.45, 7) is 6.71. The van der Waals surface area contributed by atoms with Crippen molar-refractivity contribution in [3.05, 3.63) is 64.9 Å². The second kappa shape index (κ2) is 10.6. The lowest BCUT2D eigenvalue weighted by atomic mass is 10.1. The van der Waals surface area contributed by atoms with Crippen molar-refractivity contribution in [2.75, 3.05) is 37.6 Å². The van der Waals surface area contributed by atoms with E-state index in [9.17, 15) is 9.59 Å². The van der Waals surface area contributed by atoms with Crippen molar-refractivity contribution in [1.82, 2.24) is 20.0 Å². The number of carbonyl (C=O) groups excluding carboxylic acids is 2. The first kappa shape index (κ1) is 22.9. The molecule has 3 heterocycles. The van der Waals surface area contributed by atoms with E-state index < -0.39 is 0 Å². The molecule has 8 heteroatoms. The Morgan fingerprint density at radius 3 is 2.36 bits per heavy atom. The fourth-order valence-corrected chi connectivity index (χ4v) is 4.56. The minimum Gasteiger partial charge on any atom is -0.352 e. The maximum Gasteiger partial charge on any atom is 0.264 e. The number of rotatable bonds is 7. The van der Waals surface area contributed by atoms with E-state index in [1.165, 1.54) is 11.3 Å². The van der Waals surface area contributed by atoms with E-state index in [0.717, 1.165) is 23.5 Å². The largest absolute Gasteiger partial charge is 0.352 e. The molecule has 2 amide bonds. The normalized spacial score (nSPS) is 14.7. The Kier molecular flexibility index (Phi) is 7.34. The van der Waals surface area contributed by atoms with Crippen LogP contribution in [0.25, 0.3) is 11.3 Å². The zero-order chi connectivity index (χ0) is 23.2. The summed E-state index contributed by atoms with van der Waals surface area (Å²) in [5, 5.41) is 10.7. The van der Waals surface area contributed by atoms with Crippen molar-refractivity contribution in [3.63, 3.8) is 0 Å². The number of nitrogens with zero attached hydrogens (tertiary/aromatic N) is 5. The lowest BCUT2D eigenvalue weighted by Crippen LogP contribution is -2.53. The number of carbonyl (C=O) groups is 2. The first-order valence-corrected chi connectivity index (χ1v) is 12.2. The maximum atomic E-state index is 13.0. The molecule has 1 saturated heterocycles. The molecule has 0 unspecified atom stereocenters. The van der Waals surface area contributed by atoms with E-state index >= 15 is 0 Å². The Morgan fingerprint density at radius 1 is 1.00 bits per heavy atom. The van der Waals surface area contributed by atoms with Crippen LogP contribution in [-0.2, 0) is 4.79 Å². The van der Waals surface area contributed by atoms with Crippen LogP contribution in [0.4, 0.5) is 5.82 Å². The van der Waals surface area contributed by atoms with Gasteiger partial charge >= 0.3 is 0 Å². The molecule has 1 aliphatic heterocycles. The van der Waals surface area contributed by atoms with Gasteiger partial charge in [0, 0.05) is 37.8 Å². The highest BCUT2D eigenvalue weighted by atomic mass is 32.1. The Labute approximate surface area is 198 Å². The molecule has 3 aromatic rings. The molecule has 0 aliphatic carbocycles. The highest BCUT2D eigenvalue weighted by molar-refractivity contribution is 7.12. The van der Waals surface area contributed by atoms with Gasteiger partial charge in [0.15, 0.2) is 5.82 Å². The molecule has 0 radical (unpaired) electrons. The summed E-state index contributed by atoms with van der Waals surface area (Å²) in [5.74, 6) is 0.737. The number of piperazine rings is 1. The van der Waals surface area contributed by atoms with Crippen LogP contribution in [0.2, 0.25) is 0 Å². The van der Waals surface area contributed by atoms with Crippen molar-refractivity contribution in [1.29, 1.82) is 0 Å². The van der Waals surface area contributed by atoms with E-state index in [1.807, 2.05) is 78.7 Å².